The zero-order valence-electron chi connectivity index (χ0n) is 18.6. The number of aromatic amines is 1. The number of benzene rings is 2. The van der Waals surface area contributed by atoms with Gasteiger partial charge in [0.25, 0.3) is 11.8 Å². The van der Waals surface area contributed by atoms with Crippen molar-refractivity contribution in [3.8, 4) is 11.3 Å². The molecule has 0 bridgehead atoms. The molecule has 1 fully saturated rings. The highest BCUT2D eigenvalue weighted by Gasteiger charge is 2.42. The van der Waals surface area contributed by atoms with Crippen LogP contribution in [0.5, 0.6) is 0 Å². The number of halogens is 3. The van der Waals surface area contributed by atoms with Crippen LogP contribution in [-0.2, 0) is 0 Å². The molecule has 5 N–H and O–H groups in total. The molecule has 1 amide bonds. The van der Waals surface area contributed by atoms with E-state index < -0.39 is 36.8 Å². The molecule has 2 aromatic heterocycles. The maximum atomic E-state index is 14.6. The third kappa shape index (κ3) is 5.05. The SMILES string of the molecule is Nc1ccc(C(=O)N[C@H]2CC(Nc3ncc(Cl)c(-c4c[nH]c5ccccc45)n3)CC(F)(F)C2)cc1. The maximum Gasteiger partial charge on any atom is 0.252 e. The quantitative estimate of drug-likeness (QED) is 0.282. The number of nitrogens with two attached hydrogens (primary N) is 1. The van der Waals surface area contributed by atoms with Gasteiger partial charge in [-0.2, -0.15) is 0 Å². The van der Waals surface area contributed by atoms with Crippen molar-refractivity contribution in [2.75, 3.05) is 11.1 Å². The van der Waals surface area contributed by atoms with Crippen molar-refractivity contribution in [3.05, 3.63) is 71.5 Å². The van der Waals surface area contributed by atoms with Crippen LogP contribution in [0, 0.1) is 0 Å². The Balaban J connectivity index is 1.34. The van der Waals surface area contributed by atoms with Crippen LogP contribution in [0.1, 0.15) is 29.6 Å². The van der Waals surface area contributed by atoms with E-state index in [9.17, 15) is 13.6 Å². The minimum atomic E-state index is -2.96. The fourth-order valence-corrected chi connectivity index (χ4v) is 4.71. The average molecular weight is 497 g/mol. The Hall–Kier alpha value is -3.72. The summed E-state index contributed by atoms with van der Waals surface area (Å²) >= 11 is 6.38. The molecule has 2 heterocycles. The van der Waals surface area contributed by atoms with Crippen molar-refractivity contribution < 1.29 is 13.6 Å². The second kappa shape index (κ2) is 9.14. The molecule has 2 aromatic carbocycles. The van der Waals surface area contributed by atoms with E-state index in [4.69, 9.17) is 17.3 Å². The minimum Gasteiger partial charge on any atom is -0.399 e. The summed E-state index contributed by atoms with van der Waals surface area (Å²) in [5.41, 5.74) is 8.75. The van der Waals surface area contributed by atoms with Crippen LogP contribution in [0.4, 0.5) is 20.4 Å². The van der Waals surface area contributed by atoms with Crippen molar-refractivity contribution in [3.63, 3.8) is 0 Å². The van der Waals surface area contributed by atoms with Gasteiger partial charge < -0.3 is 21.4 Å². The van der Waals surface area contributed by atoms with Gasteiger partial charge >= 0.3 is 0 Å². The van der Waals surface area contributed by atoms with E-state index in [1.165, 1.54) is 6.20 Å². The van der Waals surface area contributed by atoms with E-state index in [0.29, 0.717) is 28.4 Å². The van der Waals surface area contributed by atoms with Crippen LogP contribution in [0.3, 0.4) is 0 Å². The van der Waals surface area contributed by atoms with Gasteiger partial charge in [-0.25, -0.2) is 18.7 Å². The molecule has 1 aliphatic rings. The minimum absolute atomic E-state index is 0.195. The molecule has 0 radical (unpaired) electrons. The lowest BCUT2D eigenvalue weighted by atomic mass is 9.87. The first kappa shape index (κ1) is 23.0. The first-order chi connectivity index (χ1) is 16.8. The zero-order valence-corrected chi connectivity index (χ0v) is 19.3. The number of aromatic nitrogens is 3. The average Bonchev–Trinajstić information content (AvgIpc) is 3.24. The lowest BCUT2D eigenvalue weighted by Gasteiger charge is -2.35. The molecule has 0 aliphatic heterocycles. The van der Waals surface area contributed by atoms with Crippen LogP contribution in [0.25, 0.3) is 22.2 Å². The topological polar surface area (TPSA) is 109 Å². The summed E-state index contributed by atoms with van der Waals surface area (Å²) in [6, 6.07) is 12.7. The lowest BCUT2D eigenvalue weighted by molar-refractivity contribution is -0.0467. The molecule has 4 aromatic rings. The number of anilines is 2. The van der Waals surface area contributed by atoms with E-state index in [-0.39, 0.29) is 5.95 Å². The largest absolute Gasteiger partial charge is 0.399 e. The molecule has 0 saturated heterocycles. The van der Waals surface area contributed by atoms with Gasteiger partial charge in [-0.15, -0.1) is 0 Å². The Morgan fingerprint density at radius 3 is 2.66 bits per heavy atom. The monoisotopic (exact) mass is 496 g/mol. The third-order valence-corrected chi connectivity index (χ3v) is 6.37. The standard InChI is InChI=1S/C25H23ClF2N6O/c26-20-13-31-24(34-22(20)19-12-30-21-4-2-1-3-18(19)21)33-17-9-16(10-25(27,28)11-17)32-23(35)14-5-7-15(29)8-6-14/h1-8,12-13,16-17,30H,9-11,29H2,(H,32,35)(H,31,33,34)/t16-,17?/m0/s1. The molecular weight excluding hydrogens is 474 g/mol. The second-order valence-corrected chi connectivity index (χ2v) is 9.18. The molecule has 35 heavy (non-hydrogen) atoms. The van der Waals surface area contributed by atoms with E-state index >= 15 is 0 Å². The van der Waals surface area contributed by atoms with Crippen LogP contribution < -0.4 is 16.4 Å². The molecule has 1 unspecified atom stereocenters. The number of para-hydroxylation sites is 1. The Morgan fingerprint density at radius 2 is 1.86 bits per heavy atom. The number of hydrogen-bond acceptors (Lipinski definition) is 5. The van der Waals surface area contributed by atoms with E-state index in [1.807, 2.05) is 24.3 Å². The molecule has 1 saturated carbocycles. The van der Waals surface area contributed by atoms with Crippen LogP contribution in [0.15, 0.2) is 60.9 Å². The van der Waals surface area contributed by atoms with Crippen LogP contribution in [-0.4, -0.2) is 38.9 Å². The third-order valence-electron chi connectivity index (χ3n) is 6.09. The number of carbonyl (C=O) groups excluding carboxylic acids is 1. The highest BCUT2D eigenvalue weighted by atomic mass is 35.5. The number of alkyl halides is 2. The summed E-state index contributed by atoms with van der Waals surface area (Å²) in [6.07, 6.45) is 2.73. The highest BCUT2D eigenvalue weighted by molar-refractivity contribution is 6.33. The molecule has 10 heteroatoms. The number of nitrogens with one attached hydrogen (secondary N) is 3. The first-order valence-corrected chi connectivity index (χ1v) is 11.5. The Bertz CT molecular complexity index is 1370. The first-order valence-electron chi connectivity index (χ1n) is 11.2. The van der Waals surface area contributed by atoms with Crippen molar-refractivity contribution in [2.24, 2.45) is 0 Å². The Morgan fingerprint density at radius 1 is 1.11 bits per heavy atom. The molecule has 180 valence electrons. The molecule has 2 atom stereocenters. The smallest absolute Gasteiger partial charge is 0.252 e. The summed E-state index contributed by atoms with van der Waals surface area (Å²) in [6.45, 7) is 0. The fraction of sp³-hybridized carbons (Fsp3) is 0.240. The number of rotatable bonds is 5. The fourth-order valence-electron chi connectivity index (χ4n) is 4.51. The van der Waals surface area contributed by atoms with Crippen LogP contribution >= 0.6 is 11.6 Å². The molecule has 1 aliphatic carbocycles. The van der Waals surface area contributed by atoms with E-state index in [2.05, 4.69) is 25.6 Å². The lowest BCUT2D eigenvalue weighted by Crippen LogP contribution is -2.48. The Kier molecular flexibility index (Phi) is 6.02. The summed E-state index contributed by atoms with van der Waals surface area (Å²) in [4.78, 5) is 24.5. The second-order valence-electron chi connectivity index (χ2n) is 8.77. The van der Waals surface area contributed by atoms with Gasteiger partial charge in [0.15, 0.2) is 0 Å². The van der Waals surface area contributed by atoms with Gasteiger partial charge in [-0.05, 0) is 36.8 Å². The highest BCUT2D eigenvalue weighted by Crippen LogP contribution is 2.36. The number of nitrogen functional groups attached to an aromatic ring is 1. The van der Waals surface area contributed by atoms with Gasteiger partial charge in [0, 0.05) is 58.8 Å². The Labute approximate surface area is 205 Å². The number of fused-ring (bicyclic) bond motifs is 1. The van der Waals surface area contributed by atoms with E-state index in [0.717, 1.165) is 16.5 Å². The number of hydrogen-bond donors (Lipinski definition) is 4. The maximum absolute atomic E-state index is 14.6. The number of carbonyl (C=O) groups is 1. The van der Waals surface area contributed by atoms with Crippen molar-refractivity contribution >= 4 is 40.0 Å². The normalized spacial score (nSPS) is 19.4. The number of H-pyrrole nitrogens is 1. The summed E-state index contributed by atoms with van der Waals surface area (Å²) in [7, 11) is 0. The van der Waals surface area contributed by atoms with Gasteiger partial charge in [-0.1, -0.05) is 29.8 Å². The molecule has 0 spiro atoms. The predicted molar refractivity (Wildman–Crippen MR) is 133 cm³/mol. The number of nitrogens with zero attached hydrogens (tertiary/aromatic N) is 2. The summed E-state index contributed by atoms with van der Waals surface area (Å²) in [5.74, 6) is -3.18. The van der Waals surface area contributed by atoms with Gasteiger partial charge in [0.05, 0.1) is 16.9 Å². The van der Waals surface area contributed by atoms with Gasteiger partial charge in [0.1, 0.15) is 0 Å². The van der Waals surface area contributed by atoms with Crippen LogP contribution in [0.2, 0.25) is 5.02 Å². The number of amides is 1. The molecular formula is C25H23ClF2N6O. The zero-order chi connectivity index (χ0) is 24.6. The molecule has 5 rings (SSSR count). The van der Waals surface area contributed by atoms with Gasteiger partial charge in [-0.3, -0.25) is 4.79 Å². The van der Waals surface area contributed by atoms with E-state index in [1.54, 1.807) is 30.5 Å². The van der Waals surface area contributed by atoms with Crippen molar-refractivity contribution in [2.45, 2.75) is 37.3 Å². The summed E-state index contributed by atoms with van der Waals surface area (Å²) < 4.78 is 29.2. The summed E-state index contributed by atoms with van der Waals surface area (Å²) in [5, 5.41) is 7.04. The van der Waals surface area contributed by atoms with Crippen molar-refractivity contribution in [1.82, 2.24) is 20.3 Å². The predicted octanol–water partition coefficient (Wildman–Crippen LogP) is 5.26. The van der Waals surface area contributed by atoms with Gasteiger partial charge in [0.2, 0.25) is 5.95 Å². The molecule has 7 nitrogen and oxygen atoms in total. The van der Waals surface area contributed by atoms with Crippen molar-refractivity contribution in [1.29, 1.82) is 0 Å².